The minimum atomic E-state index is -1.16. The van der Waals surface area contributed by atoms with Crippen molar-refractivity contribution < 1.29 is 14.3 Å². The van der Waals surface area contributed by atoms with Crippen molar-refractivity contribution in [2.24, 2.45) is 17.8 Å². The Hall–Kier alpha value is -3.31. The van der Waals surface area contributed by atoms with E-state index in [2.05, 4.69) is 42.3 Å². The van der Waals surface area contributed by atoms with Gasteiger partial charge < -0.3 is 15.4 Å². The van der Waals surface area contributed by atoms with Crippen LogP contribution in [0.2, 0.25) is 25.7 Å². The van der Waals surface area contributed by atoms with Crippen LogP contribution in [-0.2, 0) is 29.2 Å². The van der Waals surface area contributed by atoms with Gasteiger partial charge in [0.2, 0.25) is 5.91 Å². The van der Waals surface area contributed by atoms with Gasteiger partial charge in [0.25, 0.3) is 5.91 Å². The first-order chi connectivity index (χ1) is 20.6. The molecule has 0 aromatic carbocycles. The van der Waals surface area contributed by atoms with Crippen molar-refractivity contribution in [2.75, 3.05) is 11.9 Å². The zero-order chi connectivity index (χ0) is 30.7. The van der Waals surface area contributed by atoms with Gasteiger partial charge in [0.05, 0.1) is 29.0 Å². The van der Waals surface area contributed by atoms with E-state index >= 15 is 0 Å². The third kappa shape index (κ3) is 7.62. The monoisotopic (exact) mass is 605 g/mol. The lowest BCUT2D eigenvalue weighted by atomic mass is 9.88. The summed E-state index contributed by atoms with van der Waals surface area (Å²) in [6.45, 7) is 14.9. The molecule has 0 spiro atoms. The van der Waals surface area contributed by atoms with E-state index in [1.165, 1.54) is 0 Å². The molecule has 232 valence electrons. The summed E-state index contributed by atoms with van der Waals surface area (Å²) in [5.41, 5.74) is 4.89. The number of ether oxygens (including phenoxy) is 1. The second-order valence-corrected chi connectivity index (χ2v) is 18.9. The van der Waals surface area contributed by atoms with Gasteiger partial charge in [-0.25, -0.2) is 4.68 Å². The first kappa shape index (κ1) is 31.1. The molecule has 3 aromatic rings. The van der Waals surface area contributed by atoms with E-state index in [4.69, 9.17) is 14.8 Å². The highest BCUT2D eigenvalue weighted by atomic mass is 28.3. The lowest BCUT2D eigenvalue weighted by molar-refractivity contribution is -0.119. The highest BCUT2D eigenvalue weighted by molar-refractivity contribution is 6.76. The van der Waals surface area contributed by atoms with Gasteiger partial charge >= 0.3 is 0 Å². The Morgan fingerprint density at radius 3 is 2.37 bits per heavy atom. The van der Waals surface area contributed by atoms with Crippen molar-refractivity contribution in [3.8, 4) is 11.3 Å². The minimum Gasteiger partial charge on any atom is -0.360 e. The van der Waals surface area contributed by atoms with Crippen molar-refractivity contribution >= 4 is 25.6 Å². The maximum atomic E-state index is 13.8. The fraction of sp³-hybridized carbons (Fsp3) is 0.594. The van der Waals surface area contributed by atoms with Crippen molar-refractivity contribution in [3.05, 3.63) is 47.7 Å². The van der Waals surface area contributed by atoms with E-state index in [-0.39, 0.29) is 17.7 Å². The predicted octanol–water partition coefficient (Wildman–Crippen LogP) is 5.52. The highest BCUT2D eigenvalue weighted by Gasteiger charge is 2.48. The number of nitrogens with one attached hydrogen (secondary N) is 2. The Morgan fingerprint density at radius 2 is 1.79 bits per heavy atom. The molecule has 43 heavy (non-hydrogen) atoms. The summed E-state index contributed by atoms with van der Waals surface area (Å²) in [6.07, 6.45) is 8.56. The second kappa shape index (κ2) is 13.1. The summed E-state index contributed by atoms with van der Waals surface area (Å²) in [5.74, 6) is 0.646. The standard InChI is InChI=1S/C32H47N7O3Si/c1-7-26-28(21(3)37-39(26)20-42-17-18-43(4,5)6)25-14-13-24(19-33-25)35-32(41)30(29(22-9-10-22)23-11-12-23)36-31(40)27-15-16-34-38(27)8-2/h13-16,19,22-23,29-30H,7-12,17-18,20H2,1-6H3,(H,35,41)(H,36,40)/t30-/m0/s1. The zero-order valence-electron chi connectivity index (χ0n) is 26.5. The Morgan fingerprint density at radius 1 is 1.07 bits per heavy atom. The molecular weight excluding hydrogens is 558 g/mol. The van der Waals surface area contributed by atoms with Crippen LogP contribution in [-0.4, -0.2) is 57.1 Å². The Bertz CT molecular complexity index is 1410. The number of aromatic nitrogens is 5. The van der Waals surface area contributed by atoms with Gasteiger partial charge in [-0.1, -0.05) is 26.6 Å². The lowest BCUT2D eigenvalue weighted by Gasteiger charge is -2.27. The molecule has 2 fully saturated rings. The van der Waals surface area contributed by atoms with Gasteiger partial charge in [-0.15, -0.1) is 0 Å². The number of nitrogens with zero attached hydrogens (tertiary/aromatic N) is 5. The van der Waals surface area contributed by atoms with E-state index < -0.39 is 14.1 Å². The molecule has 2 N–H and O–H groups in total. The molecule has 3 heterocycles. The van der Waals surface area contributed by atoms with E-state index in [9.17, 15) is 9.59 Å². The first-order valence-electron chi connectivity index (χ1n) is 15.8. The molecule has 11 heteroatoms. The molecule has 2 aliphatic carbocycles. The molecule has 0 saturated heterocycles. The van der Waals surface area contributed by atoms with Gasteiger partial charge in [-0.3, -0.25) is 19.3 Å². The van der Waals surface area contributed by atoms with Crippen LogP contribution in [0.15, 0.2) is 30.6 Å². The minimum absolute atomic E-state index is 0.141. The highest BCUT2D eigenvalue weighted by Crippen LogP contribution is 2.51. The average molecular weight is 606 g/mol. The van der Waals surface area contributed by atoms with Crippen molar-refractivity contribution in [1.29, 1.82) is 0 Å². The third-order valence-corrected chi connectivity index (χ3v) is 10.3. The summed E-state index contributed by atoms with van der Waals surface area (Å²) in [4.78, 5) is 31.8. The molecule has 0 unspecified atom stereocenters. The van der Waals surface area contributed by atoms with Crippen molar-refractivity contribution in [3.63, 3.8) is 0 Å². The molecule has 0 bridgehead atoms. The fourth-order valence-electron chi connectivity index (χ4n) is 6.01. The molecule has 2 aliphatic rings. The molecular formula is C32H47N7O3Si. The largest absolute Gasteiger partial charge is 0.360 e. The predicted molar refractivity (Wildman–Crippen MR) is 170 cm³/mol. The number of hydrogen-bond acceptors (Lipinski definition) is 6. The molecule has 3 aromatic heterocycles. The van der Waals surface area contributed by atoms with Gasteiger partial charge in [0.15, 0.2) is 0 Å². The average Bonchev–Trinajstić information content (AvgIpc) is 3.91. The number of aryl methyl sites for hydroxylation is 2. The molecule has 0 aliphatic heterocycles. The van der Waals surface area contributed by atoms with E-state index in [0.29, 0.717) is 36.5 Å². The number of carbonyl (C=O) groups is 2. The van der Waals surface area contributed by atoms with Gasteiger partial charge in [0, 0.05) is 33.0 Å². The SMILES string of the molecule is CCc1c(-c2ccc(NC(=O)[C@@H](NC(=O)c3ccnn3CC)C(C3CC3)C3CC3)cn2)c(C)nn1COCC[Si](C)(C)C. The van der Waals surface area contributed by atoms with Crippen LogP contribution in [0.5, 0.6) is 0 Å². The summed E-state index contributed by atoms with van der Waals surface area (Å²) in [5, 5.41) is 15.1. The summed E-state index contributed by atoms with van der Waals surface area (Å²) in [7, 11) is -1.16. The van der Waals surface area contributed by atoms with Crippen LogP contribution < -0.4 is 10.6 Å². The zero-order valence-corrected chi connectivity index (χ0v) is 27.5. The van der Waals surface area contributed by atoms with Crippen LogP contribution in [0, 0.1) is 24.7 Å². The molecule has 0 radical (unpaired) electrons. The van der Waals surface area contributed by atoms with Crippen molar-refractivity contribution in [1.82, 2.24) is 29.9 Å². The molecule has 10 nitrogen and oxygen atoms in total. The molecule has 2 amide bonds. The van der Waals surface area contributed by atoms with Gasteiger partial charge in [0.1, 0.15) is 18.5 Å². The van der Waals surface area contributed by atoms with Gasteiger partial charge in [-0.05, 0) is 87.9 Å². The molecule has 2 saturated carbocycles. The van der Waals surface area contributed by atoms with Crippen LogP contribution in [0.3, 0.4) is 0 Å². The smallest absolute Gasteiger partial charge is 0.270 e. The van der Waals surface area contributed by atoms with Gasteiger partial charge in [-0.2, -0.15) is 10.2 Å². The number of anilines is 1. The Labute approximate surface area is 256 Å². The first-order valence-corrected chi connectivity index (χ1v) is 19.5. The summed E-state index contributed by atoms with van der Waals surface area (Å²) >= 11 is 0. The number of hydrogen-bond donors (Lipinski definition) is 2. The van der Waals surface area contributed by atoms with Crippen molar-refractivity contribution in [2.45, 2.75) is 97.9 Å². The quantitative estimate of drug-likeness (QED) is 0.174. The van der Waals surface area contributed by atoms with E-state index in [1.807, 2.05) is 30.7 Å². The van der Waals surface area contributed by atoms with Crippen LogP contribution in [0.25, 0.3) is 11.3 Å². The normalized spacial score (nSPS) is 16.0. The summed E-state index contributed by atoms with van der Waals surface area (Å²) in [6, 6.07) is 6.03. The third-order valence-electron chi connectivity index (χ3n) is 8.60. The van der Waals surface area contributed by atoms with Crippen LogP contribution >= 0.6 is 0 Å². The number of carbonyl (C=O) groups excluding carboxylic acids is 2. The maximum absolute atomic E-state index is 13.8. The van der Waals surface area contributed by atoms with E-state index in [1.54, 1.807) is 23.1 Å². The summed E-state index contributed by atoms with van der Waals surface area (Å²) < 4.78 is 9.59. The fourth-order valence-corrected chi connectivity index (χ4v) is 6.77. The van der Waals surface area contributed by atoms with Crippen LogP contribution in [0.1, 0.15) is 61.4 Å². The molecule has 5 rings (SSSR count). The molecule has 1 atom stereocenters. The Balaban J connectivity index is 1.30. The lowest BCUT2D eigenvalue weighted by Crippen LogP contribution is -2.50. The second-order valence-electron chi connectivity index (χ2n) is 13.3. The maximum Gasteiger partial charge on any atom is 0.270 e. The number of rotatable bonds is 15. The number of amides is 2. The topological polar surface area (TPSA) is 116 Å². The van der Waals surface area contributed by atoms with Crippen LogP contribution in [0.4, 0.5) is 5.69 Å². The number of pyridine rings is 1. The van der Waals surface area contributed by atoms with E-state index in [0.717, 1.165) is 67.4 Å². The Kier molecular flexibility index (Phi) is 9.50.